The Hall–Kier alpha value is -1.51. The second-order valence-electron chi connectivity index (χ2n) is 4.86. The van der Waals surface area contributed by atoms with Gasteiger partial charge in [-0.25, -0.2) is 0 Å². The lowest BCUT2D eigenvalue weighted by Crippen LogP contribution is -2.24. The molecule has 0 aliphatic heterocycles. The number of hydrogen-bond acceptors (Lipinski definition) is 2. The van der Waals surface area contributed by atoms with Crippen molar-refractivity contribution in [2.75, 3.05) is 6.54 Å². The van der Waals surface area contributed by atoms with Gasteiger partial charge < -0.3 is 10.4 Å². The third-order valence-electron chi connectivity index (χ3n) is 3.17. The van der Waals surface area contributed by atoms with Crippen molar-refractivity contribution in [3.8, 4) is 5.75 Å². The molecule has 0 heterocycles. The molecule has 1 aromatic rings. The number of phenolic OH excluding ortho intramolecular Hbond substituents is 1. The number of amides is 1. The smallest absolute Gasteiger partial charge is 0.255 e. The number of benzene rings is 1. The molecule has 0 aromatic heterocycles. The number of hydrogen-bond donors (Lipinski definition) is 2. The third-order valence-corrected chi connectivity index (χ3v) is 3.17. The molecule has 1 aromatic carbocycles. The van der Waals surface area contributed by atoms with Gasteiger partial charge in [0.2, 0.25) is 0 Å². The van der Waals surface area contributed by atoms with E-state index in [1.54, 1.807) is 18.2 Å². The fraction of sp³-hybridized carbons (Fsp3) is 0.500. The molecule has 0 saturated heterocycles. The average molecular weight is 233 g/mol. The minimum absolute atomic E-state index is 0.0512. The van der Waals surface area contributed by atoms with Crippen molar-refractivity contribution in [1.82, 2.24) is 5.32 Å². The zero-order valence-corrected chi connectivity index (χ0v) is 10.2. The third kappa shape index (κ3) is 3.48. The Morgan fingerprint density at radius 3 is 2.94 bits per heavy atom. The van der Waals surface area contributed by atoms with Gasteiger partial charge in [0.15, 0.2) is 0 Å². The Balaban J connectivity index is 1.82. The fourth-order valence-electron chi connectivity index (χ4n) is 1.93. The number of carbonyl (C=O) groups excluding carboxylic acids is 1. The molecular formula is C14H19NO2. The summed E-state index contributed by atoms with van der Waals surface area (Å²) in [5.74, 6) is 0.775. The van der Waals surface area contributed by atoms with Gasteiger partial charge in [-0.2, -0.15) is 0 Å². The predicted molar refractivity (Wildman–Crippen MR) is 67.1 cm³/mol. The second-order valence-corrected chi connectivity index (χ2v) is 4.86. The van der Waals surface area contributed by atoms with E-state index in [4.69, 9.17) is 0 Å². The van der Waals surface area contributed by atoms with E-state index in [1.807, 2.05) is 6.92 Å². The van der Waals surface area contributed by atoms with Crippen LogP contribution in [0, 0.1) is 12.8 Å². The lowest BCUT2D eigenvalue weighted by molar-refractivity contribution is 0.0950. The zero-order chi connectivity index (χ0) is 12.3. The average Bonchev–Trinajstić information content (AvgIpc) is 3.11. The van der Waals surface area contributed by atoms with Crippen LogP contribution in [0.1, 0.15) is 41.6 Å². The topological polar surface area (TPSA) is 49.3 Å². The van der Waals surface area contributed by atoms with Gasteiger partial charge in [0.05, 0.1) is 5.56 Å². The molecule has 0 radical (unpaired) electrons. The van der Waals surface area contributed by atoms with Crippen molar-refractivity contribution in [2.24, 2.45) is 5.92 Å². The van der Waals surface area contributed by atoms with E-state index >= 15 is 0 Å². The van der Waals surface area contributed by atoms with Crippen molar-refractivity contribution < 1.29 is 9.90 Å². The summed E-state index contributed by atoms with van der Waals surface area (Å²) in [6.45, 7) is 2.60. The predicted octanol–water partition coefficient (Wildman–Crippen LogP) is 2.62. The number of rotatable bonds is 5. The number of aryl methyl sites for hydroxylation is 1. The summed E-state index contributed by atoms with van der Waals surface area (Å²) < 4.78 is 0. The van der Waals surface area contributed by atoms with Crippen LogP contribution in [0.3, 0.4) is 0 Å². The van der Waals surface area contributed by atoms with Crippen molar-refractivity contribution in [3.63, 3.8) is 0 Å². The molecule has 2 rings (SSSR count). The molecule has 1 amide bonds. The number of nitrogens with one attached hydrogen (secondary N) is 1. The molecule has 17 heavy (non-hydrogen) atoms. The molecule has 0 bridgehead atoms. The Kier molecular flexibility index (Phi) is 3.67. The molecule has 1 aliphatic carbocycles. The molecule has 0 unspecified atom stereocenters. The van der Waals surface area contributed by atoms with Gasteiger partial charge in [-0.1, -0.05) is 24.5 Å². The van der Waals surface area contributed by atoms with E-state index in [2.05, 4.69) is 5.32 Å². The molecule has 2 N–H and O–H groups in total. The molecule has 3 nitrogen and oxygen atoms in total. The van der Waals surface area contributed by atoms with Crippen molar-refractivity contribution >= 4 is 5.91 Å². The SMILES string of the molecule is Cc1ccc(O)c(C(=O)NCCCC2CC2)c1. The van der Waals surface area contributed by atoms with Gasteiger partial charge in [-0.05, 0) is 37.8 Å². The molecule has 0 spiro atoms. The maximum absolute atomic E-state index is 11.8. The summed E-state index contributed by atoms with van der Waals surface area (Å²) in [7, 11) is 0. The first-order chi connectivity index (χ1) is 8.16. The molecule has 1 aliphatic rings. The quantitative estimate of drug-likeness (QED) is 0.768. The fourth-order valence-corrected chi connectivity index (χ4v) is 1.93. The Bertz CT molecular complexity index is 411. The molecule has 3 heteroatoms. The molecule has 92 valence electrons. The van der Waals surface area contributed by atoms with Crippen molar-refractivity contribution in [3.05, 3.63) is 29.3 Å². The van der Waals surface area contributed by atoms with E-state index < -0.39 is 0 Å². The number of carbonyl (C=O) groups is 1. The van der Waals surface area contributed by atoms with Gasteiger partial charge in [0.25, 0.3) is 5.91 Å². The normalized spacial score (nSPS) is 14.6. The van der Waals surface area contributed by atoms with Crippen LogP contribution in [0.15, 0.2) is 18.2 Å². The van der Waals surface area contributed by atoms with Crippen LogP contribution in [0.2, 0.25) is 0 Å². The highest BCUT2D eigenvalue weighted by Gasteiger charge is 2.20. The molecule has 1 fully saturated rings. The highest BCUT2D eigenvalue weighted by Crippen LogP contribution is 2.33. The lowest BCUT2D eigenvalue weighted by Gasteiger charge is -2.07. The summed E-state index contributed by atoms with van der Waals surface area (Å²) in [4.78, 5) is 11.8. The monoisotopic (exact) mass is 233 g/mol. The first kappa shape index (κ1) is 12.0. The van der Waals surface area contributed by atoms with Gasteiger partial charge in [-0.15, -0.1) is 0 Å². The number of aromatic hydroxyl groups is 1. The minimum atomic E-state index is -0.179. The number of phenols is 1. The van der Waals surface area contributed by atoms with E-state index in [1.165, 1.54) is 19.3 Å². The van der Waals surface area contributed by atoms with Gasteiger partial charge in [0.1, 0.15) is 5.75 Å². The molecular weight excluding hydrogens is 214 g/mol. The van der Waals surface area contributed by atoms with E-state index in [-0.39, 0.29) is 11.7 Å². The van der Waals surface area contributed by atoms with Crippen LogP contribution < -0.4 is 5.32 Å². The lowest BCUT2D eigenvalue weighted by atomic mass is 10.1. The van der Waals surface area contributed by atoms with Crippen LogP contribution in [0.5, 0.6) is 5.75 Å². The summed E-state index contributed by atoms with van der Waals surface area (Å²) in [5.41, 5.74) is 1.35. The van der Waals surface area contributed by atoms with Crippen LogP contribution in [-0.2, 0) is 0 Å². The molecule has 0 atom stereocenters. The van der Waals surface area contributed by atoms with Crippen LogP contribution in [0.25, 0.3) is 0 Å². The van der Waals surface area contributed by atoms with Crippen LogP contribution >= 0.6 is 0 Å². The van der Waals surface area contributed by atoms with Crippen molar-refractivity contribution in [2.45, 2.75) is 32.6 Å². The highest BCUT2D eigenvalue weighted by atomic mass is 16.3. The summed E-state index contributed by atoms with van der Waals surface area (Å²) in [6, 6.07) is 5.07. The first-order valence-electron chi connectivity index (χ1n) is 6.24. The van der Waals surface area contributed by atoms with Gasteiger partial charge in [0, 0.05) is 6.54 Å². The maximum atomic E-state index is 11.8. The Morgan fingerprint density at radius 2 is 2.24 bits per heavy atom. The Morgan fingerprint density at radius 1 is 1.47 bits per heavy atom. The van der Waals surface area contributed by atoms with Gasteiger partial charge in [-0.3, -0.25) is 4.79 Å². The largest absolute Gasteiger partial charge is 0.507 e. The van der Waals surface area contributed by atoms with E-state index in [9.17, 15) is 9.90 Å². The summed E-state index contributed by atoms with van der Waals surface area (Å²) in [6.07, 6.45) is 4.95. The van der Waals surface area contributed by atoms with Crippen LogP contribution in [0.4, 0.5) is 0 Å². The molecule has 1 saturated carbocycles. The van der Waals surface area contributed by atoms with E-state index in [0.717, 1.165) is 17.9 Å². The first-order valence-corrected chi connectivity index (χ1v) is 6.24. The summed E-state index contributed by atoms with van der Waals surface area (Å²) in [5, 5.41) is 12.5. The second kappa shape index (κ2) is 5.21. The van der Waals surface area contributed by atoms with E-state index in [0.29, 0.717) is 12.1 Å². The van der Waals surface area contributed by atoms with Crippen molar-refractivity contribution in [1.29, 1.82) is 0 Å². The minimum Gasteiger partial charge on any atom is -0.507 e. The van der Waals surface area contributed by atoms with Crippen LogP contribution in [-0.4, -0.2) is 17.6 Å². The Labute approximate surface area is 102 Å². The highest BCUT2D eigenvalue weighted by molar-refractivity contribution is 5.96. The van der Waals surface area contributed by atoms with Gasteiger partial charge >= 0.3 is 0 Å². The standard InChI is InChI=1S/C14H19NO2/c1-10-4-7-13(16)12(9-10)14(17)15-8-2-3-11-5-6-11/h4,7,9,11,16H,2-3,5-6,8H2,1H3,(H,15,17). The zero-order valence-electron chi connectivity index (χ0n) is 10.2. The maximum Gasteiger partial charge on any atom is 0.255 e. The summed E-state index contributed by atoms with van der Waals surface area (Å²) >= 11 is 0.